The van der Waals surface area contributed by atoms with Gasteiger partial charge in [-0.25, -0.2) is 0 Å². The lowest BCUT2D eigenvalue weighted by atomic mass is 10.2. The van der Waals surface area contributed by atoms with Crippen LogP contribution in [0.3, 0.4) is 0 Å². The second-order valence-electron chi connectivity index (χ2n) is 4.62. The SMILES string of the molecule is COCC1CCCN1[Si](C)(C)C. The molecule has 0 bridgehead atoms. The summed E-state index contributed by atoms with van der Waals surface area (Å²) in [6, 6.07) is 0.710. The van der Waals surface area contributed by atoms with Crippen LogP contribution in [-0.2, 0) is 4.74 Å². The minimum atomic E-state index is -1.07. The smallest absolute Gasteiger partial charge is 0.119 e. The van der Waals surface area contributed by atoms with Crippen LogP contribution in [0, 0.1) is 0 Å². The fourth-order valence-electron chi connectivity index (χ4n) is 2.08. The van der Waals surface area contributed by atoms with E-state index in [-0.39, 0.29) is 0 Å². The van der Waals surface area contributed by atoms with Crippen molar-refractivity contribution in [2.75, 3.05) is 20.3 Å². The zero-order valence-corrected chi connectivity index (χ0v) is 9.76. The zero-order valence-electron chi connectivity index (χ0n) is 8.76. The third-order valence-electron chi connectivity index (χ3n) is 2.60. The molecule has 72 valence electrons. The van der Waals surface area contributed by atoms with Crippen molar-refractivity contribution in [1.82, 2.24) is 4.57 Å². The molecule has 1 saturated heterocycles. The van der Waals surface area contributed by atoms with Crippen LogP contribution in [0.1, 0.15) is 12.8 Å². The van der Waals surface area contributed by atoms with E-state index >= 15 is 0 Å². The third-order valence-corrected chi connectivity index (χ3v) is 4.91. The van der Waals surface area contributed by atoms with Gasteiger partial charge in [0.25, 0.3) is 0 Å². The first-order valence-electron chi connectivity index (χ1n) is 4.81. The predicted molar refractivity (Wildman–Crippen MR) is 55.0 cm³/mol. The molecule has 0 amide bonds. The lowest BCUT2D eigenvalue weighted by Crippen LogP contribution is -2.50. The molecule has 1 unspecified atom stereocenters. The fraction of sp³-hybridized carbons (Fsp3) is 1.00. The molecule has 12 heavy (non-hydrogen) atoms. The molecule has 0 spiro atoms. The van der Waals surface area contributed by atoms with Crippen molar-refractivity contribution in [2.24, 2.45) is 0 Å². The molecule has 0 aromatic heterocycles. The Morgan fingerprint density at radius 3 is 2.58 bits per heavy atom. The minimum absolute atomic E-state index is 0.710. The maximum Gasteiger partial charge on any atom is 0.119 e. The highest BCUT2D eigenvalue weighted by atomic mass is 28.3. The van der Waals surface area contributed by atoms with Gasteiger partial charge in [-0.1, -0.05) is 19.6 Å². The molecule has 1 fully saturated rings. The number of rotatable bonds is 3. The van der Waals surface area contributed by atoms with Gasteiger partial charge in [0.1, 0.15) is 8.24 Å². The first-order chi connectivity index (χ1) is 5.55. The van der Waals surface area contributed by atoms with Gasteiger partial charge in [0, 0.05) is 13.2 Å². The maximum atomic E-state index is 5.23. The number of nitrogens with zero attached hydrogens (tertiary/aromatic N) is 1. The van der Waals surface area contributed by atoms with E-state index in [2.05, 4.69) is 24.2 Å². The highest BCUT2D eigenvalue weighted by Crippen LogP contribution is 2.23. The van der Waals surface area contributed by atoms with Gasteiger partial charge in [0.05, 0.1) is 6.61 Å². The Balaban J connectivity index is 2.52. The van der Waals surface area contributed by atoms with Gasteiger partial charge in [0.2, 0.25) is 0 Å². The number of methoxy groups -OCH3 is 1. The van der Waals surface area contributed by atoms with Crippen molar-refractivity contribution >= 4 is 8.24 Å². The van der Waals surface area contributed by atoms with E-state index in [9.17, 15) is 0 Å². The summed E-state index contributed by atoms with van der Waals surface area (Å²) in [4.78, 5) is 0. The average molecular weight is 187 g/mol. The van der Waals surface area contributed by atoms with Crippen molar-refractivity contribution < 1.29 is 4.74 Å². The molecule has 0 radical (unpaired) electrons. The molecular weight excluding hydrogens is 166 g/mol. The van der Waals surface area contributed by atoms with Gasteiger partial charge < -0.3 is 9.30 Å². The van der Waals surface area contributed by atoms with Crippen LogP contribution < -0.4 is 0 Å². The van der Waals surface area contributed by atoms with Crippen LogP contribution in [0.4, 0.5) is 0 Å². The lowest BCUT2D eigenvalue weighted by Gasteiger charge is -2.35. The van der Waals surface area contributed by atoms with E-state index in [1.807, 2.05) is 0 Å². The van der Waals surface area contributed by atoms with Crippen molar-refractivity contribution in [1.29, 1.82) is 0 Å². The molecule has 0 aliphatic carbocycles. The summed E-state index contributed by atoms with van der Waals surface area (Å²) in [6.45, 7) is 9.47. The van der Waals surface area contributed by atoms with Crippen molar-refractivity contribution in [3.8, 4) is 0 Å². The summed E-state index contributed by atoms with van der Waals surface area (Å²) in [7, 11) is 0.735. The summed E-state index contributed by atoms with van der Waals surface area (Å²) in [5, 5.41) is 0. The van der Waals surface area contributed by atoms with Gasteiger partial charge in [-0.15, -0.1) is 0 Å². The monoisotopic (exact) mass is 187 g/mol. The Morgan fingerprint density at radius 1 is 1.42 bits per heavy atom. The first kappa shape index (κ1) is 10.2. The Kier molecular flexibility index (Phi) is 3.32. The van der Waals surface area contributed by atoms with E-state index in [0.29, 0.717) is 6.04 Å². The molecule has 0 saturated carbocycles. The fourth-order valence-corrected chi connectivity index (χ4v) is 4.21. The van der Waals surface area contributed by atoms with Gasteiger partial charge >= 0.3 is 0 Å². The van der Waals surface area contributed by atoms with Gasteiger partial charge in [-0.05, 0) is 19.4 Å². The third kappa shape index (κ3) is 2.31. The van der Waals surface area contributed by atoms with Crippen LogP contribution in [0.15, 0.2) is 0 Å². The van der Waals surface area contributed by atoms with E-state index in [4.69, 9.17) is 4.74 Å². The van der Waals surface area contributed by atoms with E-state index < -0.39 is 8.24 Å². The second-order valence-corrected chi connectivity index (χ2v) is 9.53. The summed E-state index contributed by atoms with van der Waals surface area (Å²) in [5.74, 6) is 0. The molecule has 1 atom stereocenters. The Hall–Kier alpha value is 0.137. The summed E-state index contributed by atoms with van der Waals surface area (Å²) in [5.41, 5.74) is 0. The molecule has 1 aliphatic rings. The van der Waals surface area contributed by atoms with Crippen LogP contribution in [0.5, 0.6) is 0 Å². The molecule has 2 nitrogen and oxygen atoms in total. The standard InChI is InChI=1S/C9H21NOSi/c1-11-8-9-6-5-7-10(9)12(2,3)4/h9H,5-8H2,1-4H3. The molecular formula is C9H21NOSi. The topological polar surface area (TPSA) is 12.5 Å². The Labute approximate surface area is 77.0 Å². The van der Waals surface area contributed by atoms with Crippen molar-refractivity contribution in [3.63, 3.8) is 0 Å². The van der Waals surface area contributed by atoms with E-state index in [0.717, 1.165) is 6.61 Å². The predicted octanol–water partition coefficient (Wildman–Crippen LogP) is 1.93. The Morgan fingerprint density at radius 2 is 2.08 bits per heavy atom. The van der Waals surface area contributed by atoms with E-state index in [1.54, 1.807) is 7.11 Å². The van der Waals surface area contributed by atoms with Crippen LogP contribution in [0.25, 0.3) is 0 Å². The number of hydrogen-bond acceptors (Lipinski definition) is 2. The first-order valence-corrected chi connectivity index (χ1v) is 8.26. The second kappa shape index (κ2) is 3.90. The van der Waals surface area contributed by atoms with Gasteiger partial charge in [-0.2, -0.15) is 0 Å². The van der Waals surface area contributed by atoms with Crippen LogP contribution >= 0.6 is 0 Å². The Bertz CT molecular complexity index is 144. The molecule has 0 N–H and O–H groups in total. The molecule has 1 heterocycles. The lowest BCUT2D eigenvalue weighted by molar-refractivity contribution is 0.146. The minimum Gasteiger partial charge on any atom is -0.383 e. The van der Waals surface area contributed by atoms with Crippen LogP contribution in [0.2, 0.25) is 19.6 Å². The quantitative estimate of drug-likeness (QED) is 0.626. The van der Waals surface area contributed by atoms with Crippen molar-refractivity contribution in [2.45, 2.75) is 38.5 Å². The van der Waals surface area contributed by atoms with Gasteiger partial charge in [0.15, 0.2) is 0 Å². The molecule has 0 aromatic rings. The van der Waals surface area contributed by atoms with E-state index in [1.165, 1.54) is 19.4 Å². The van der Waals surface area contributed by atoms with Crippen molar-refractivity contribution in [3.05, 3.63) is 0 Å². The number of ether oxygens (including phenoxy) is 1. The highest BCUT2D eigenvalue weighted by Gasteiger charge is 2.33. The largest absolute Gasteiger partial charge is 0.383 e. The van der Waals surface area contributed by atoms with Gasteiger partial charge in [-0.3, -0.25) is 0 Å². The summed E-state index contributed by atoms with van der Waals surface area (Å²) < 4.78 is 7.92. The van der Waals surface area contributed by atoms with Crippen LogP contribution in [-0.4, -0.2) is 39.1 Å². The molecule has 0 aromatic carbocycles. The summed E-state index contributed by atoms with van der Waals surface area (Å²) in [6.07, 6.45) is 2.69. The average Bonchev–Trinajstić information content (AvgIpc) is 2.34. The highest BCUT2D eigenvalue weighted by molar-refractivity contribution is 6.73. The summed E-state index contributed by atoms with van der Waals surface area (Å²) >= 11 is 0. The molecule has 1 aliphatic heterocycles. The maximum absolute atomic E-state index is 5.23. The zero-order chi connectivity index (χ0) is 9.19. The molecule has 3 heteroatoms. The number of hydrogen-bond donors (Lipinski definition) is 0. The normalized spacial score (nSPS) is 26.5. The molecule has 1 rings (SSSR count).